The van der Waals surface area contributed by atoms with Gasteiger partial charge in [0.15, 0.2) is 0 Å². The molecule has 0 bridgehead atoms. The molecule has 4 nitrogen and oxygen atoms in total. The third-order valence-corrected chi connectivity index (χ3v) is 3.39. The zero-order valence-corrected chi connectivity index (χ0v) is 14.6. The van der Waals surface area contributed by atoms with E-state index in [-0.39, 0.29) is 11.4 Å². The van der Waals surface area contributed by atoms with E-state index in [1.165, 1.54) is 0 Å². The normalized spacial score (nSPS) is 11.1. The van der Waals surface area contributed by atoms with Crippen molar-refractivity contribution in [2.45, 2.75) is 32.7 Å². The van der Waals surface area contributed by atoms with Crippen molar-refractivity contribution in [3.63, 3.8) is 0 Å². The molecular weight excluding hydrogens is 300 g/mol. The second-order valence-corrected chi connectivity index (χ2v) is 6.73. The third-order valence-electron chi connectivity index (χ3n) is 3.39. The van der Waals surface area contributed by atoms with E-state index in [1.807, 2.05) is 42.5 Å². The van der Waals surface area contributed by atoms with Crippen molar-refractivity contribution < 1.29 is 9.53 Å². The fourth-order valence-electron chi connectivity index (χ4n) is 2.15. The summed E-state index contributed by atoms with van der Waals surface area (Å²) in [5.74, 6) is 1.44. The molecule has 0 unspecified atom stereocenters. The van der Waals surface area contributed by atoms with Gasteiger partial charge in [0.05, 0.1) is 0 Å². The highest BCUT2D eigenvalue weighted by molar-refractivity contribution is 5.94. The molecular formula is C20H26N2O2. The van der Waals surface area contributed by atoms with Gasteiger partial charge in [-0.15, -0.1) is 0 Å². The molecule has 0 spiro atoms. The predicted octanol–water partition coefficient (Wildman–Crippen LogP) is 3.99. The maximum absolute atomic E-state index is 12.1. The van der Waals surface area contributed by atoms with Gasteiger partial charge in [0.1, 0.15) is 11.5 Å². The third kappa shape index (κ3) is 6.42. The monoisotopic (exact) mass is 326 g/mol. The Morgan fingerprint density at radius 1 is 0.917 bits per heavy atom. The van der Waals surface area contributed by atoms with E-state index >= 15 is 0 Å². The van der Waals surface area contributed by atoms with Gasteiger partial charge in [-0.3, -0.25) is 4.79 Å². The number of nitrogens with one attached hydrogen (secondary N) is 2. The van der Waals surface area contributed by atoms with E-state index in [0.29, 0.717) is 17.9 Å². The number of hydrogen-bond donors (Lipinski definition) is 2. The van der Waals surface area contributed by atoms with E-state index in [4.69, 9.17) is 4.74 Å². The average Bonchev–Trinajstić information content (AvgIpc) is 2.55. The van der Waals surface area contributed by atoms with Crippen LogP contribution in [0.4, 0.5) is 0 Å². The quantitative estimate of drug-likeness (QED) is 0.757. The van der Waals surface area contributed by atoms with Gasteiger partial charge in [0.25, 0.3) is 5.91 Å². The first-order chi connectivity index (χ1) is 11.4. The highest BCUT2D eigenvalue weighted by Gasteiger charge is 2.08. The van der Waals surface area contributed by atoms with E-state index in [0.717, 1.165) is 18.7 Å². The molecule has 0 heterocycles. The van der Waals surface area contributed by atoms with Gasteiger partial charge >= 0.3 is 0 Å². The summed E-state index contributed by atoms with van der Waals surface area (Å²) in [6, 6.07) is 16.8. The Labute approximate surface area is 144 Å². The van der Waals surface area contributed by atoms with Crippen LogP contribution in [0.15, 0.2) is 54.6 Å². The summed E-state index contributed by atoms with van der Waals surface area (Å²) in [6.07, 6.45) is 0.901. The van der Waals surface area contributed by atoms with Gasteiger partial charge < -0.3 is 15.4 Å². The summed E-state index contributed by atoms with van der Waals surface area (Å²) < 4.78 is 5.72. The van der Waals surface area contributed by atoms with Gasteiger partial charge in [-0.1, -0.05) is 18.2 Å². The molecule has 2 aromatic carbocycles. The van der Waals surface area contributed by atoms with E-state index in [1.54, 1.807) is 12.1 Å². The summed E-state index contributed by atoms with van der Waals surface area (Å²) in [4.78, 5) is 12.1. The molecule has 4 heteroatoms. The first-order valence-corrected chi connectivity index (χ1v) is 8.30. The molecule has 2 aromatic rings. The molecule has 0 aliphatic rings. The molecule has 0 aliphatic carbocycles. The first kappa shape index (κ1) is 18.0. The SMILES string of the molecule is CC(C)(C)NCCCNC(=O)c1ccc(Oc2ccccc2)cc1. The summed E-state index contributed by atoms with van der Waals surface area (Å²) in [5, 5.41) is 6.33. The molecule has 0 saturated heterocycles. The number of para-hydroxylation sites is 1. The minimum absolute atomic E-state index is 0.0583. The number of carbonyl (C=O) groups is 1. The molecule has 0 aromatic heterocycles. The van der Waals surface area contributed by atoms with Crippen LogP contribution in [0.25, 0.3) is 0 Å². The lowest BCUT2D eigenvalue weighted by molar-refractivity contribution is 0.0953. The summed E-state index contributed by atoms with van der Waals surface area (Å²) in [7, 11) is 0. The molecule has 0 atom stereocenters. The number of hydrogen-bond acceptors (Lipinski definition) is 3. The van der Waals surface area contributed by atoms with Crippen LogP contribution in [-0.4, -0.2) is 24.5 Å². The molecule has 0 fully saturated rings. The fourth-order valence-corrected chi connectivity index (χ4v) is 2.15. The van der Waals surface area contributed by atoms with E-state index in [2.05, 4.69) is 31.4 Å². The summed E-state index contributed by atoms with van der Waals surface area (Å²) >= 11 is 0. The van der Waals surface area contributed by atoms with Crippen LogP contribution in [0.2, 0.25) is 0 Å². The van der Waals surface area contributed by atoms with E-state index < -0.39 is 0 Å². The van der Waals surface area contributed by atoms with Crippen molar-refractivity contribution in [2.24, 2.45) is 0 Å². The topological polar surface area (TPSA) is 50.4 Å². The zero-order valence-electron chi connectivity index (χ0n) is 14.6. The van der Waals surface area contributed by atoms with Crippen molar-refractivity contribution in [2.75, 3.05) is 13.1 Å². The minimum atomic E-state index is -0.0583. The van der Waals surface area contributed by atoms with Crippen LogP contribution >= 0.6 is 0 Å². The van der Waals surface area contributed by atoms with Gasteiger partial charge in [-0.25, -0.2) is 0 Å². The molecule has 2 N–H and O–H groups in total. The fraction of sp³-hybridized carbons (Fsp3) is 0.350. The highest BCUT2D eigenvalue weighted by Crippen LogP contribution is 2.21. The summed E-state index contributed by atoms with van der Waals surface area (Å²) in [6.45, 7) is 7.93. The van der Waals surface area contributed by atoms with Crippen molar-refractivity contribution >= 4 is 5.91 Å². The molecule has 0 aliphatic heterocycles. The molecule has 24 heavy (non-hydrogen) atoms. The van der Waals surface area contributed by atoms with Gasteiger partial charge in [-0.05, 0) is 70.1 Å². The Bertz CT molecular complexity index is 631. The minimum Gasteiger partial charge on any atom is -0.457 e. The van der Waals surface area contributed by atoms with Crippen LogP contribution in [0.3, 0.4) is 0 Å². The Morgan fingerprint density at radius 2 is 1.54 bits per heavy atom. The number of benzene rings is 2. The van der Waals surface area contributed by atoms with Crippen LogP contribution < -0.4 is 15.4 Å². The van der Waals surface area contributed by atoms with Crippen LogP contribution in [0.1, 0.15) is 37.6 Å². The number of rotatable bonds is 7. The van der Waals surface area contributed by atoms with Crippen LogP contribution in [0.5, 0.6) is 11.5 Å². The van der Waals surface area contributed by atoms with Gasteiger partial charge in [0.2, 0.25) is 0 Å². The van der Waals surface area contributed by atoms with Gasteiger partial charge in [-0.2, -0.15) is 0 Å². The Morgan fingerprint density at radius 3 is 2.17 bits per heavy atom. The lowest BCUT2D eigenvalue weighted by Gasteiger charge is -2.20. The highest BCUT2D eigenvalue weighted by atomic mass is 16.5. The summed E-state index contributed by atoms with van der Waals surface area (Å²) in [5.41, 5.74) is 0.748. The molecule has 2 rings (SSSR count). The first-order valence-electron chi connectivity index (χ1n) is 8.30. The Hall–Kier alpha value is -2.33. The second-order valence-electron chi connectivity index (χ2n) is 6.73. The van der Waals surface area contributed by atoms with Crippen molar-refractivity contribution in [1.82, 2.24) is 10.6 Å². The second kappa shape index (κ2) is 8.50. The maximum Gasteiger partial charge on any atom is 0.251 e. The molecule has 1 amide bonds. The average molecular weight is 326 g/mol. The molecule has 0 saturated carbocycles. The standard InChI is InChI=1S/C20H26N2O2/c1-20(2,3)22-15-7-14-21-19(23)16-10-12-18(13-11-16)24-17-8-5-4-6-9-17/h4-6,8-13,22H,7,14-15H2,1-3H3,(H,21,23). The van der Waals surface area contributed by atoms with Crippen molar-refractivity contribution in [3.8, 4) is 11.5 Å². The van der Waals surface area contributed by atoms with E-state index in [9.17, 15) is 4.79 Å². The molecule has 128 valence electrons. The lowest BCUT2D eigenvalue weighted by atomic mass is 10.1. The van der Waals surface area contributed by atoms with Crippen molar-refractivity contribution in [1.29, 1.82) is 0 Å². The smallest absolute Gasteiger partial charge is 0.251 e. The maximum atomic E-state index is 12.1. The van der Waals surface area contributed by atoms with Crippen LogP contribution in [0, 0.1) is 0 Å². The largest absolute Gasteiger partial charge is 0.457 e. The Kier molecular flexibility index (Phi) is 6.38. The van der Waals surface area contributed by atoms with Gasteiger partial charge in [0, 0.05) is 17.6 Å². The predicted molar refractivity (Wildman–Crippen MR) is 97.7 cm³/mol. The number of amides is 1. The lowest BCUT2D eigenvalue weighted by Crippen LogP contribution is -2.37. The Balaban J connectivity index is 1.77. The number of ether oxygens (including phenoxy) is 1. The zero-order chi connectivity index (χ0) is 17.4. The van der Waals surface area contributed by atoms with Crippen LogP contribution in [-0.2, 0) is 0 Å². The molecule has 0 radical (unpaired) electrons. The number of carbonyl (C=O) groups excluding carboxylic acids is 1. The van der Waals surface area contributed by atoms with Crippen molar-refractivity contribution in [3.05, 3.63) is 60.2 Å².